The minimum Gasteiger partial charge on any atom is -0.485 e. The van der Waals surface area contributed by atoms with Crippen molar-refractivity contribution in [3.8, 4) is 28.3 Å². The van der Waals surface area contributed by atoms with E-state index in [-0.39, 0.29) is 6.10 Å². The molecule has 6 aromatic carbocycles. The number of tetrazole rings is 1. The summed E-state index contributed by atoms with van der Waals surface area (Å²) >= 11 is 0. The third-order valence-electron chi connectivity index (χ3n) is 9.52. The number of ether oxygens (including phenoxy) is 1. The summed E-state index contributed by atoms with van der Waals surface area (Å²) in [4.78, 5) is 6.59. The second-order valence-corrected chi connectivity index (χ2v) is 12.6. The summed E-state index contributed by atoms with van der Waals surface area (Å²) in [6, 6.07) is 58.2. The monoisotopic (exact) mass is 663 g/mol. The van der Waals surface area contributed by atoms with E-state index in [9.17, 15) is 0 Å². The molecule has 0 aliphatic heterocycles. The van der Waals surface area contributed by atoms with Crippen LogP contribution in [0.5, 0.6) is 5.75 Å². The average molecular weight is 664 g/mol. The molecule has 0 aliphatic rings. The summed E-state index contributed by atoms with van der Waals surface area (Å²) in [7, 11) is 0. The first-order valence-corrected chi connectivity index (χ1v) is 17.4. The van der Waals surface area contributed by atoms with E-state index in [1.807, 2.05) is 54.6 Å². The Morgan fingerprint density at radius 2 is 1.20 bits per heavy atom. The summed E-state index contributed by atoms with van der Waals surface area (Å²) in [6.07, 6.45) is 0.555. The normalized spacial score (nSPS) is 12.1. The van der Waals surface area contributed by atoms with Crippen LogP contribution in [-0.4, -0.2) is 25.2 Å². The van der Waals surface area contributed by atoms with Crippen LogP contribution in [0.25, 0.3) is 33.4 Å². The molecule has 0 fully saturated rings. The number of para-hydroxylation sites is 1. The molecule has 0 N–H and O–H groups in total. The molecule has 1 unspecified atom stereocenters. The quantitative estimate of drug-likeness (QED) is 0.136. The Kier molecular flexibility index (Phi) is 8.64. The molecule has 1 atom stereocenters. The van der Waals surface area contributed by atoms with Crippen LogP contribution in [0.3, 0.4) is 0 Å². The molecule has 248 valence electrons. The number of aryl methyl sites for hydroxylation is 1. The predicted octanol–water partition coefficient (Wildman–Crippen LogP) is 10.1. The number of hydrogen-bond acceptors (Lipinski definition) is 5. The van der Waals surface area contributed by atoms with Crippen LogP contribution in [0.2, 0.25) is 0 Å². The van der Waals surface area contributed by atoms with Crippen molar-refractivity contribution in [3.05, 3.63) is 198 Å². The van der Waals surface area contributed by atoms with Gasteiger partial charge in [0.25, 0.3) is 0 Å². The van der Waals surface area contributed by atoms with E-state index in [1.165, 1.54) is 0 Å². The van der Waals surface area contributed by atoms with E-state index >= 15 is 0 Å². The molecule has 6 nitrogen and oxygen atoms in total. The molecule has 51 heavy (non-hydrogen) atoms. The lowest BCUT2D eigenvalue weighted by Crippen LogP contribution is -2.39. The van der Waals surface area contributed by atoms with Crippen LogP contribution in [0.15, 0.2) is 170 Å². The molecular formula is C45H37N5O. The number of benzene rings is 6. The average Bonchev–Trinajstić information content (AvgIpc) is 3.70. The number of aromatic nitrogens is 5. The van der Waals surface area contributed by atoms with Crippen molar-refractivity contribution in [2.24, 2.45) is 0 Å². The van der Waals surface area contributed by atoms with Gasteiger partial charge in [-0.1, -0.05) is 153 Å². The highest BCUT2D eigenvalue weighted by Crippen LogP contribution is 2.41. The predicted molar refractivity (Wildman–Crippen MR) is 203 cm³/mol. The van der Waals surface area contributed by atoms with Crippen molar-refractivity contribution in [3.63, 3.8) is 0 Å². The van der Waals surface area contributed by atoms with E-state index in [0.29, 0.717) is 5.82 Å². The molecule has 8 aromatic rings. The molecule has 2 heterocycles. The van der Waals surface area contributed by atoms with Crippen molar-refractivity contribution in [1.82, 2.24) is 25.2 Å². The molecular weight excluding hydrogens is 627 g/mol. The van der Waals surface area contributed by atoms with E-state index in [2.05, 4.69) is 129 Å². The second-order valence-electron chi connectivity index (χ2n) is 12.6. The molecule has 0 saturated carbocycles. The SMILES string of the molecule is CCc1cc(OC(C)c2ccc(-c3ccccc3)c(-c3nnn(C(c4ccccc4)(c4ccccc4)c4ccccc4)n3)c2)c2ccccc2n1. The van der Waals surface area contributed by atoms with Crippen LogP contribution in [-0.2, 0) is 12.0 Å². The molecule has 0 amide bonds. The number of pyridine rings is 1. The first-order chi connectivity index (χ1) is 25.1. The minimum absolute atomic E-state index is 0.267. The van der Waals surface area contributed by atoms with Gasteiger partial charge in [-0.15, -0.1) is 15.0 Å². The topological polar surface area (TPSA) is 65.7 Å². The Balaban J connectivity index is 1.28. The van der Waals surface area contributed by atoms with Crippen LogP contribution in [0.4, 0.5) is 0 Å². The fraction of sp³-hybridized carbons (Fsp3) is 0.111. The summed E-state index contributed by atoms with van der Waals surface area (Å²) in [5, 5.41) is 15.9. The summed E-state index contributed by atoms with van der Waals surface area (Å²) in [5.41, 5.74) is 8.09. The first kappa shape index (κ1) is 31.8. The highest BCUT2D eigenvalue weighted by atomic mass is 16.5. The zero-order chi connectivity index (χ0) is 34.6. The maximum Gasteiger partial charge on any atom is 0.205 e. The lowest BCUT2D eigenvalue weighted by atomic mass is 9.77. The maximum atomic E-state index is 6.72. The lowest BCUT2D eigenvalue weighted by molar-refractivity contribution is 0.229. The first-order valence-electron chi connectivity index (χ1n) is 17.4. The van der Waals surface area contributed by atoms with Crippen LogP contribution in [0.1, 0.15) is 47.9 Å². The third kappa shape index (κ3) is 5.95. The second kappa shape index (κ2) is 13.8. The van der Waals surface area contributed by atoms with Crippen molar-refractivity contribution < 1.29 is 4.74 Å². The summed E-state index contributed by atoms with van der Waals surface area (Å²) in [6.45, 7) is 4.19. The van der Waals surface area contributed by atoms with Crippen LogP contribution >= 0.6 is 0 Å². The van der Waals surface area contributed by atoms with Gasteiger partial charge in [-0.3, -0.25) is 4.98 Å². The van der Waals surface area contributed by atoms with Crippen molar-refractivity contribution in [2.75, 3.05) is 0 Å². The van der Waals surface area contributed by atoms with Gasteiger partial charge >= 0.3 is 0 Å². The summed E-state index contributed by atoms with van der Waals surface area (Å²) in [5.74, 6) is 1.35. The number of nitrogens with zero attached hydrogens (tertiary/aromatic N) is 5. The van der Waals surface area contributed by atoms with Gasteiger partial charge in [-0.25, -0.2) is 0 Å². The standard InChI is InChI=1S/C45H37N5O/c1-3-38-31-43(40-26-16-17-27-42(40)46-38)51-32(2)34-28-29-39(33-18-8-4-9-19-33)41(30-34)44-47-49-50(48-44)45(35-20-10-5-11-21-35,36-22-12-6-13-23-36)37-24-14-7-15-25-37/h4-32H,3H2,1-2H3. The highest BCUT2D eigenvalue weighted by molar-refractivity contribution is 5.85. The fourth-order valence-electron chi connectivity index (χ4n) is 6.95. The minimum atomic E-state index is -0.880. The van der Waals surface area contributed by atoms with Gasteiger partial charge in [0.2, 0.25) is 5.82 Å². The van der Waals surface area contributed by atoms with E-state index in [0.717, 1.165) is 67.7 Å². The van der Waals surface area contributed by atoms with Gasteiger partial charge in [0, 0.05) is 22.7 Å². The van der Waals surface area contributed by atoms with Gasteiger partial charge in [-0.2, -0.15) is 0 Å². The van der Waals surface area contributed by atoms with Gasteiger partial charge < -0.3 is 4.74 Å². The Hall–Kier alpha value is -6.40. The van der Waals surface area contributed by atoms with E-state index < -0.39 is 5.54 Å². The van der Waals surface area contributed by atoms with Crippen LogP contribution < -0.4 is 4.74 Å². The smallest absolute Gasteiger partial charge is 0.205 e. The van der Waals surface area contributed by atoms with Gasteiger partial charge in [0.15, 0.2) is 5.54 Å². The Labute approximate surface area is 298 Å². The molecule has 0 bridgehead atoms. The van der Waals surface area contributed by atoms with Crippen LogP contribution in [0, 0.1) is 0 Å². The largest absolute Gasteiger partial charge is 0.485 e. The number of rotatable bonds is 10. The molecule has 8 rings (SSSR count). The fourth-order valence-corrected chi connectivity index (χ4v) is 6.95. The number of hydrogen-bond donors (Lipinski definition) is 0. The lowest BCUT2D eigenvalue weighted by Gasteiger charge is -2.34. The molecule has 2 aromatic heterocycles. The van der Waals surface area contributed by atoms with Crippen molar-refractivity contribution in [2.45, 2.75) is 31.9 Å². The Morgan fingerprint density at radius 3 is 1.80 bits per heavy atom. The zero-order valence-electron chi connectivity index (χ0n) is 28.6. The summed E-state index contributed by atoms with van der Waals surface area (Å²) < 4.78 is 6.72. The van der Waals surface area contributed by atoms with Gasteiger partial charge in [-0.05, 0) is 70.1 Å². The molecule has 0 aliphatic carbocycles. The Bertz CT molecular complexity index is 2300. The van der Waals surface area contributed by atoms with Gasteiger partial charge in [0.05, 0.1) is 5.52 Å². The third-order valence-corrected chi connectivity index (χ3v) is 9.52. The zero-order valence-corrected chi connectivity index (χ0v) is 28.6. The molecule has 0 spiro atoms. The van der Waals surface area contributed by atoms with Gasteiger partial charge in [0.1, 0.15) is 11.9 Å². The maximum absolute atomic E-state index is 6.72. The van der Waals surface area contributed by atoms with E-state index in [1.54, 1.807) is 4.80 Å². The number of fused-ring (bicyclic) bond motifs is 1. The van der Waals surface area contributed by atoms with E-state index in [4.69, 9.17) is 25.1 Å². The highest BCUT2D eigenvalue weighted by Gasteiger charge is 2.41. The molecule has 0 saturated heterocycles. The Morgan fingerprint density at radius 1 is 0.627 bits per heavy atom. The van der Waals surface area contributed by atoms with Crippen molar-refractivity contribution in [1.29, 1.82) is 0 Å². The molecule has 0 radical (unpaired) electrons. The molecule has 6 heteroatoms. The van der Waals surface area contributed by atoms with Crippen molar-refractivity contribution >= 4 is 10.9 Å².